The average Bonchev–Trinajstić information content (AvgIpc) is 3.41. The lowest BCUT2D eigenvalue weighted by Gasteiger charge is -2.29. The first-order chi connectivity index (χ1) is 37.2. The highest BCUT2D eigenvalue weighted by molar-refractivity contribution is 8.76. The van der Waals surface area contributed by atoms with Crippen LogP contribution in [0.25, 0.3) is 0 Å². The molecule has 1 fully saturated rings. The second-order valence-corrected chi connectivity index (χ2v) is 22.0. The molecule has 0 radical (unpaired) electrons. The smallest absolute Gasteiger partial charge is 0.245 e. The van der Waals surface area contributed by atoms with Crippen LogP contribution in [0.4, 0.5) is 0 Å². The van der Waals surface area contributed by atoms with Gasteiger partial charge in [-0.2, -0.15) is 0 Å². The summed E-state index contributed by atoms with van der Waals surface area (Å²) in [6.07, 6.45) is -1.54. The molecular formula is C54H69ClN10O11S2. The lowest BCUT2D eigenvalue weighted by Crippen LogP contribution is -2.62. The van der Waals surface area contributed by atoms with Crippen molar-refractivity contribution in [1.29, 1.82) is 0 Å². The fraction of sp³-hybridized carbons (Fsp3) is 0.407. The summed E-state index contributed by atoms with van der Waals surface area (Å²) < 4.78 is 0. The quantitative estimate of drug-likeness (QED) is 0.0454. The number of aliphatic hydroxyl groups is 1. The molecule has 5 rings (SSSR count). The Morgan fingerprint density at radius 2 is 1.22 bits per heavy atom. The predicted molar refractivity (Wildman–Crippen MR) is 298 cm³/mol. The molecule has 4 aromatic carbocycles. The van der Waals surface area contributed by atoms with Gasteiger partial charge in [0.25, 0.3) is 0 Å². The van der Waals surface area contributed by atoms with Gasteiger partial charge >= 0.3 is 0 Å². The van der Waals surface area contributed by atoms with E-state index >= 15 is 0 Å². The first kappa shape index (κ1) is 62.1. The number of Topliss-reactive ketones (excluding diaryl/α,β-unsaturated/α-hetero) is 1. The van der Waals surface area contributed by atoms with Gasteiger partial charge in [0.15, 0.2) is 5.78 Å². The highest BCUT2D eigenvalue weighted by atomic mass is 35.5. The summed E-state index contributed by atoms with van der Waals surface area (Å²) in [5, 5.41) is 47.4. The van der Waals surface area contributed by atoms with Gasteiger partial charge in [0, 0.05) is 48.3 Å². The Bertz CT molecular complexity index is 2670. The number of carbonyl (C=O) groups excluding carboxylic acids is 8. The number of nitrogens with one attached hydrogen (secondary N) is 6. The summed E-state index contributed by atoms with van der Waals surface area (Å²) in [6.45, 7) is 1.71. The van der Waals surface area contributed by atoms with Gasteiger partial charge in [-0.25, -0.2) is 0 Å². The molecule has 21 nitrogen and oxygen atoms in total. The molecule has 24 heteroatoms. The zero-order valence-electron chi connectivity index (χ0n) is 43.0. The molecule has 17 N–H and O–H groups in total. The molecule has 0 bridgehead atoms. The van der Waals surface area contributed by atoms with E-state index in [9.17, 15) is 53.7 Å². The Hall–Kier alpha value is -6.73. The van der Waals surface area contributed by atoms with Crippen molar-refractivity contribution in [2.45, 2.75) is 113 Å². The number of phenols is 2. The van der Waals surface area contributed by atoms with Crippen LogP contribution in [-0.4, -0.2) is 129 Å². The number of rotatable bonds is 19. The minimum Gasteiger partial charge on any atom is -0.508 e. The van der Waals surface area contributed by atoms with Crippen LogP contribution in [0.3, 0.4) is 0 Å². The normalized spacial score (nSPS) is 21.3. The molecule has 0 unspecified atom stereocenters. The number of aliphatic hydroxyl groups excluding tert-OH is 1. The van der Waals surface area contributed by atoms with Gasteiger partial charge in [0.2, 0.25) is 41.4 Å². The van der Waals surface area contributed by atoms with Gasteiger partial charge in [0.1, 0.15) is 41.7 Å². The highest BCUT2D eigenvalue weighted by Crippen LogP contribution is 2.26. The van der Waals surface area contributed by atoms with Crippen molar-refractivity contribution in [3.63, 3.8) is 0 Å². The zero-order valence-corrected chi connectivity index (χ0v) is 45.4. The van der Waals surface area contributed by atoms with E-state index in [0.717, 1.165) is 27.2 Å². The summed E-state index contributed by atoms with van der Waals surface area (Å²) in [5.74, 6) is -8.34. The molecule has 1 aliphatic rings. The van der Waals surface area contributed by atoms with Crippen molar-refractivity contribution in [3.05, 3.63) is 130 Å². The lowest BCUT2D eigenvalue weighted by molar-refractivity contribution is -0.137. The standard InChI is InChI=1S/C54H69ClN10O11S2/c1-30(66)47-54(76)64-45(53(75)61-42(48(59)70)24-34-13-19-39(68)20-14-34)29-78-77-28-44(63-50(72)40(58)23-32-9-15-37(55)16-10-32)46(69)26-36(22-31-11-17-38(67)18-12-31)49(71)62-43(25-33-5-7-35(27-57)8-6-33)52(74)60-41(51(73)65-47)4-2-3-21-56/h5-20,30,36,40-45,47,66-68H,2-4,21-29,56-58H2,1H3,(H2,59,70)(H,60,74)(H,61,75)(H,62,71)(H,63,72)(H,64,76)(H,65,73)/t30-,36-,40+,41+,42-,43-,44-,45+,47+/m1/s1. The van der Waals surface area contributed by atoms with E-state index in [0.29, 0.717) is 40.1 Å². The number of unbranched alkanes of at least 4 members (excludes halogenated alkanes) is 1. The third kappa shape index (κ3) is 19.9. The SMILES string of the molecule is C[C@@H](O)[C@@H]1NC(=O)[C@H](CCCCN)NC(=O)[C@@H](Cc2ccc(CN)cc2)NC(=O)[C@H](Cc2ccc(O)cc2)CC(=O)[C@H](NC(=O)[C@@H](N)Cc2ccc(Cl)cc2)CSSC[C@@H](C(=O)N[C@H](Cc2ccc(O)cc2)C(N)=O)NC1=O. The third-order valence-corrected chi connectivity index (χ3v) is 15.5. The van der Waals surface area contributed by atoms with Crippen LogP contribution in [0, 0.1) is 5.92 Å². The maximum Gasteiger partial charge on any atom is 0.245 e. The van der Waals surface area contributed by atoms with Gasteiger partial charge in [-0.1, -0.05) is 93.9 Å². The van der Waals surface area contributed by atoms with Crippen LogP contribution in [0.1, 0.15) is 60.4 Å². The van der Waals surface area contributed by atoms with Crippen LogP contribution < -0.4 is 54.8 Å². The maximum atomic E-state index is 14.8. The van der Waals surface area contributed by atoms with Crippen molar-refractivity contribution in [2.24, 2.45) is 28.9 Å². The highest BCUT2D eigenvalue weighted by Gasteiger charge is 2.36. The molecule has 0 aromatic heterocycles. The number of primary amides is 1. The van der Waals surface area contributed by atoms with E-state index in [1.54, 1.807) is 60.7 Å². The molecule has 1 aliphatic heterocycles. The number of benzene rings is 4. The fourth-order valence-electron chi connectivity index (χ4n) is 8.30. The molecule has 420 valence electrons. The molecule has 1 saturated heterocycles. The topological polar surface area (TPSA) is 374 Å². The third-order valence-electron chi connectivity index (χ3n) is 12.8. The largest absolute Gasteiger partial charge is 0.508 e. The Morgan fingerprint density at radius 3 is 1.82 bits per heavy atom. The molecule has 9 atom stereocenters. The second-order valence-electron chi connectivity index (χ2n) is 19.1. The van der Waals surface area contributed by atoms with Crippen LogP contribution in [-0.2, 0) is 70.6 Å². The van der Waals surface area contributed by atoms with E-state index in [-0.39, 0.29) is 68.2 Å². The van der Waals surface area contributed by atoms with E-state index in [4.69, 9.17) is 34.5 Å². The maximum absolute atomic E-state index is 14.8. The number of ketones is 1. The Morgan fingerprint density at radius 1 is 0.679 bits per heavy atom. The first-order valence-electron chi connectivity index (χ1n) is 25.3. The van der Waals surface area contributed by atoms with Gasteiger partial charge in [-0.15, -0.1) is 0 Å². The summed E-state index contributed by atoms with van der Waals surface area (Å²) in [4.78, 5) is 114. The second kappa shape index (κ2) is 31.0. The van der Waals surface area contributed by atoms with E-state index in [2.05, 4.69) is 31.9 Å². The number of phenolic OH excluding ortho intramolecular Hbond substituents is 2. The monoisotopic (exact) mass is 1130 g/mol. The van der Waals surface area contributed by atoms with E-state index < -0.39 is 108 Å². The summed E-state index contributed by atoms with van der Waals surface area (Å²) >= 11 is 6.08. The van der Waals surface area contributed by atoms with Crippen molar-refractivity contribution in [2.75, 3.05) is 18.1 Å². The zero-order chi connectivity index (χ0) is 56.9. The predicted octanol–water partition coefficient (Wildman–Crippen LogP) is 0.682. The number of halogens is 1. The first-order valence-corrected chi connectivity index (χ1v) is 28.2. The Balaban J connectivity index is 1.57. The molecule has 1 heterocycles. The molecule has 78 heavy (non-hydrogen) atoms. The lowest BCUT2D eigenvalue weighted by atomic mass is 9.90. The van der Waals surface area contributed by atoms with Crippen molar-refractivity contribution >= 4 is 80.3 Å². The molecular weight excluding hydrogens is 1060 g/mol. The van der Waals surface area contributed by atoms with Crippen molar-refractivity contribution in [3.8, 4) is 11.5 Å². The van der Waals surface area contributed by atoms with Crippen LogP contribution >= 0.6 is 33.2 Å². The van der Waals surface area contributed by atoms with Gasteiger partial charge < -0.3 is 70.2 Å². The number of nitrogens with two attached hydrogens (primary N) is 4. The average molecular weight is 1130 g/mol. The number of amides is 7. The number of carbonyl (C=O) groups is 8. The summed E-state index contributed by atoms with van der Waals surface area (Å²) in [6, 6.07) is 15.7. The number of hydrogen-bond donors (Lipinski definition) is 13. The van der Waals surface area contributed by atoms with E-state index in [1.807, 2.05) is 0 Å². The number of hydrogen-bond acceptors (Lipinski definition) is 16. The minimum atomic E-state index is -1.72. The van der Waals surface area contributed by atoms with Crippen molar-refractivity contribution < 1.29 is 53.7 Å². The minimum absolute atomic E-state index is 0.00232. The van der Waals surface area contributed by atoms with Crippen molar-refractivity contribution in [1.82, 2.24) is 31.9 Å². The molecule has 0 aliphatic carbocycles. The summed E-state index contributed by atoms with van der Waals surface area (Å²) in [5.41, 5.74) is 26.9. The van der Waals surface area contributed by atoms with Gasteiger partial charge in [-0.3, -0.25) is 38.4 Å². The van der Waals surface area contributed by atoms with Gasteiger partial charge in [-0.05, 0) is 110 Å². The Kier molecular flexibility index (Phi) is 24.7. The van der Waals surface area contributed by atoms with Crippen LogP contribution in [0.5, 0.6) is 11.5 Å². The Labute approximate surface area is 465 Å². The molecule has 0 spiro atoms. The van der Waals surface area contributed by atoms with Crippen LogP contribution in [0.15, 0.2) is 97.1 Å². The van der Waals surface area contributed by atoms with Gasteiger partial charge in [0.05, 0.1) is 18.2 Å². The van der Waals surface area contributed by atoms with E-state index in [1.165, 1.54) is 43.3 Å². The fourth-order valence-corrected chi connectivity index (χ4v) is 10.8. The summed E-state index contributed by atoms with van der Waals surface area (Å²) in [7, 11) is 2.01. The number of aromatic hydroxyl groups is 2. The van der Waals surface area contributed by atoms with Crippen LogP contribution in [0.2, 0.25) is 5.02 Å². The molecule has 4 aromatic rings. The molecule has 7 amide bonds. The molecule has 0 saturated carbocycles.